The van der Waals surface area contributed by atoms with Gasteiger partial charge in [-0.2, -0.15) is 0 Å². The fourth-order valence-corrected chi connectivity index (χ4v) is 2.09. The van der Waals surface area contributed by atoms with Crippen LogP contribution in [0, 0.1) is 6.92 Å². The Kier molecular flexibility index (Phi) is 3.11. The van der Waals surface area contributed by atoms with E-state index in [0.717, 1.165) is 11.3 Å². The summed E-state index contributed by atoms with van der Waals surface area (Å²) in [5, 5.41) is 2.75. The molecule has 1 aromatic carbocycles. The largest absolute Gasteiger partial charge is 0.342 e. The number of amides is 2. The van der Waals surface area contributed by atoms with E-state index >= 15 is 0 Å². The number of hydrogen-bond acceptors (Lipinski definition) is 2. The average molecular weight is 246 g/mol. The van der Waals surface area contributed by atoms with E-state index in [1.54, 1.807) is 18.7 Å². The minimum absolute atomic E-state index is 0.0720. The van der Waals surface area contributed by atoms with Gasteiger partial charge in [0, 0.05) is 18.7 Å². The third-order valence-electron chi connectivity index (χ3n) is 3.14. The van der Waals surface area contributed by atoms with Crippen LogP contribution in [0.5, 0.6) is 0 Å². The van der Waals surface area contributed by atoms with Gasteiger partial charge in [0.1, 0.15) is 5.54 Å². The van der Waals surface area contributed by atoms with Crippen LogP contribution in [0.3, 0.4) is 0 Å². The van der Waals surface area contributed by atoms with Crippen LogP contribution in [0.15, 0.2) is 24.3 Å². The Morgan fingerprint density at radius 3 is 2.39 bits per heavy atom. The first-order chi connectivity index (χ1) is 8.40. The number of nitrogens with one attached hydrogen (secondary N) is 1. The molecule has 1 fully saturated rings. The summed E-state index contributed by atoms with van der Waals surface area (Å²) >= 11 is 0. The highest BCUT2D eigenvalue weighted by atomic mass is 16.2. The quantitative estimate of drug-likeness (QED) is 0.818. The van der Waals surface area contributed by atoms with E-state index in [0.29, 0.717) is 13.0 Å². The van der Waals surface area contributed by atoms with Crippen LogP contribution in [0.2, 0.25) is 0 Å². The molecule has 0 atom stereocenters. The zero-order valence-corrected chi connectivity index (χ0v) is 11.0. The van der Waals surface area contributed by atoms with Crippen molar-refractivity contribution in [2.75, 3.05) is 11.4 Å². The number of aryl methyl sites for hydroxylation is 1. The van der Waals surface area contributed by atoms with Crippen molar-refractivity contribution in [2.45, 2.75) is 32.7 Å². The van der Waals surface area contributed by atoms with Crippen molar-refractivity contribution in [3.05, 3.63) is 29.8 Å². The fourth-order valence-electron chi connectivity index (χ4n) is 2.09. The van der Waals surface area contributed by atoms with E-state index in [2.05, 4.69) is 5.32 Å². The summed E-state index contributed by atoms with van der Waals surface area (Å²) in [7, 11) is 0. The van der Waals surface area contributed by atoms with Gasteiger partial charge in [-0.3, -0.25) is 9.59 Å². The van der Waals surface area contributed by atoms with E-state index in [1.165, 1.54) is 0 Å². The Morgan fingerprint density at radius 1 is 1.17 bits per heavy atom. The fraction of sp³-hybridized carbons (Fsp3) is 0.429. The zero-order valence-electron chi connectivity index (χ0n) is 11.0. The lowest BCUT2D eigenvalue weighted by molar-refractivity contribution is -0.128. The first-order valence-corrected chi connectivity index (χ1v) is 6.10. The average Bonchev–Trinajstić information content (AvgIpc) is 2.39. The van der Waals surface area contributed by atoms with E-state index in [9.17, 15) is 9.59 Å². The van der Waals surface area contributed by atoms with E-state index in [4.69, 9.17) is 0 Å². The van der Waals surface area contributed by atoms with Crippen LogP contribution < -0.4 is 10.2 Å². The van der Waals surface area contributed by atoms with Crippen LogP contribution >= 0.6 is 0 Å². The Morgan fingerprint density at radius 2 is 1.78 bits per heavy atom. The molecule has 1 aliphatic rings. The molecule has 96 valence electrons. The van der Waals surface area contributed by atoms with Gasteiger partial charge in [-0.1, -0.05) is 17.7 Å². The molecule has 0 radical (unpaired) electrons. The van der Waals surface area contributed by atoms with Gasteiger partial charge in [-0.15, -0.1) is 0 Å². The minimum Gasteiger partial charge on any atom is -0.342 e. The maximum Gasteiger partial charge on any atom is 0.252 e. The molecule has 0 aromatic heterocycles. The molecule has 1 aromatic rings. The lowest BCUT2D eigenvalue weighted by Crippen LogP contribution is -2.53. The van der Waals surface area contributed by atoms with Crippen LogP contribution in [-0.4, -0.2) is 23.9 Å². The molecule has 0 aliphatic carbocycles. The Balaban J connectivity index is 2.34. The maximum absolute atomic E-state index is 12.4. The lowest BCUT2D eigenvalue weighted by Gasteiger charge is -2.28. The maximum atomic E-state index is 12.4. The van der Waals surface area contributed by atoms with Gasteiger partial charge in [0.25, 0.3) is 5.91 Å². The van der Waals surface area contributed by atoms with Gasteiger partial charge in [-0.25, -0.2) is 0 Å². The van der Waals surface area contributed by atoms with Crippen molar-refractivity contribution in [2.24, 2.45) is 0 Å². The second-order valence-electron chi connectivity index (χ2n) is 5.22. The molecule has 1 heterocycles. The highest BCUT2D eigenvalue weighted by molar-refractivity contribution is 6.03. The summed E-state index contributed by atoms with van der Waals surface area (Å²) in [5.74, 6) is -0.153. The number of rotatable bonds is 1. The predicted molar refractivity (Wildman–Crippen MR) is 70.4 cm³/mol. The van der Waals surface area contributed by atoms with Crippen molar-refractivity contribution in [1.82, 2.24) is 5.32 Å². The number of hydrogen-bond donors (Lipinski definition) is 1. The molecule has 0 saturated carbocycles. The first-order valence-electron chi connectivity index (χ1n) is 6.10. The van der Waals surface area contributed by atoms with Crippen molar-refractivity contribution in [3.63, 3.8) is 0 Å². The van der Waals surface area contributed by atoms with Gasteiger partial charge in [0.05, 0.1) is 0 Å². The second kappa shape index (κ2) is 4.44. The van der Waals surface area contributed by atoms with Gasteiger partial charge in [0.15, 0.2) is 0 Å². The molecule has 2 amide bonds. The normalized spacial score (nSPS) is 19.4. The zero-order chi connectivity index (χ0) is 13.3. The van der Waals surface area contributed by atoms with Crippen LogP contribution in [-0.2, 0) is 9.59 Å². The third-order valence-corrected chi connectivity index (χ3v) is 3.14. The van der Waals surface area contributed by atoms with Crippen molar-refractivity contribution >= 4 is 17.5 Å². The standard InChI is InChI=1S/C14H18N2O2/c1-10-4-6-11(7-5-10)16-9-8-12(17)15-14(2,3)13(16)18/h4-7H,8-9H2,1-3H3,(H,15,17). The van der Waals surface area contributed by atoms with E-state index in [-0.39, 0.29) is 11.8 Å². The van der Waals surface area contributed by atoms with Crippen molar-refractivity contribution in [1.29, 1.82) is 0 Å². The smallest absolute Gasteiger partial charge is 0.252 e. The predicted octanol–water partition coefficient (Wildman–Crippen LogP) is 1.63. The Bertz CT molecular complexity index is 477. The summed E-state index contributed by atoms with van der Waals surface area (Å²) in [6.45, 7) is 5.90. The summed E-state index contributed by atoms with van der Waals surface area (Å²) < 4.78 is 0. The third kappa shape index (κ3) is 2.37. The molecule has 1 aliphatic heterocycles. The van der Waals surface area contributed by atoms with Crippen molar-refractivity contribution < 1.29 is 9.59 Å². The molecule has 2 rings (SSSR count). The molecule has 0 unspecified atom stereocenters. The van der Waals surface area contributed by atoms with Crippen LogP contribution in [0.1, 0.15) is 25.8 Å². The number of carbonyl (C=O) groups is 2. The minimum atomic E-state index is -0.849. The number of nitrogens with zero attached hydrogens (tertiary/aromatic N) is 1. The van der Waals surface area contributed by atoms with Gasteiger partial charge < -0.3 is 10.2 Å². The van der Waals surface area contributed by atoms with Crippen LogP contribution in [0.4, 0.5) is 5.69 Å². The topological polar surface area (TPSA) is 49.4 Å². The first kappa shape index (κ1) is 12.6. The molecule has 18 heavy (non-hydrogen) atoms. The molecule has 1 N–H and O–H groups in total. The van der Waals surface area contributed by atoms with Gasteiger partial charge >= 0.3 is 0 Å². The molecular weight excluding hydrogens is 228 g/mol. The summed E-state index contributed by atoms with van der Waals surface area (Å²) in [5.41, 5.74) is 1.14. The molecule has 0 bridgehead atoms. The van der Waals surface area contributed by atoms with E-state index < -0.39 is 5.54 Å². The van der Waals surface area contributed by atoms with Gasteiger partial charge in [-0.05, 0) is 32.9 Å². The number of benzene rings is 1. The van der Waals surface area contributed by atoms with Crippen LogP contribution in [0.25, 0.3) is 0 Å². The Hall–Kier alpha value is -1.84. The Labute approximate surface area is 107 Å². The monoisotopic (exact) mass is 246 g/mol. The summed E-state index contributed by atoms with van der Waals surface area (Å²) in [4.78, 5) is 25.7. The van der Waals surface area contributed by atoms with Crippen molar-refractivity contribution in [3.8, 4) is 0 Å². The molecule has 4 heteroatoms. The lowest BCUT2D eigenvalue weighted by atomic mass is 10.0. The highest BCUT2D eigenvalue weighted by Crippen LogP contribution is 2.21. The van der Waals surface area contributed by atoms with E-state index in [1.807, 2.05) is 31.2 Å². The highest BCUT2D eigenvalue weighted by Gasteiger charge is 2.36. The molecule has 4 nitrogen and oxygen atoms in total. The van der Waals surface area contributed by atoms with Gasteiger partial charge in [0.2, 0.25) is 5.91 Å². The summed E-state index contributed by atoms with van der Waals surface area (Å²) in [6.07, 6.45) is 0.336. The number of anilines is 1. The SMILES string of the molecule is Cc1ccc(N2CCC(=O)NC(C)(C)C2=O)cc1. The molecular formula is C14H18N2O2. The second-order valence-corrected chi connectivity index (χ2v) is 5.22. The number of carbonyl (C=O) groups excluding carboxylic acids is 2. The molecule has 0 spiro atoms. The molecule has 1 saturated heterocycles. The summed E-state index contributed by atoms with van der Waals surface area (Å²) in [6, 6.07) is 7.77.